The molecule has 0 heterocycles. The Labute approximate surface area is 166 Å². The van der Waals surface area contributed by atoms with Crippen molar-refractivity contribution in [3.63, 3.8) is 0 Å². The molecule has 2 N–H and O–H groups in total. The topological polar surface area (TPSA) is 24.1 Å². The first-order valence-corrected chi connectivity index (χ1v) is 12.0. The predicted octanol–water partition coefficient (Wildman–Crippen LogP) is 6.94. The zero-order valence-corrected chi connectivity index (χ0v) is 19.1. The summed E-state index contributed by atoms with van der Waals surface area (Å²) >= 11 is 0. The van der Waals surface area contributed by atoms with Crippen LogP contribution in [0.2, 0.25) is 0 Å². The van der Waals surface area contributed by atoms with Crippen LogP contribution in [0.5, 0.6) is 0 Å². The van der Waals surface area contributed by atoms with E-state index in [-0.39, 0.29) is 0 Å². The van der Waals surface area contributed by atoms with Crippen LogP contribution < -0.4 is 10.6 Å². The summed E-state index contributed by atoms with van der Waals surface area (Å²) in [5.74, 6) is 0.883. The second kappa shape index (κ2) is 18.3. The third-order valence-electron chi connectivity index (χ3n) is 6.11. The molecule has 0 atom stereocenters. The predicted molar refractivity (Wildman–Crippen MR) is 120 cm³/mol. The van der Waals surface area contributed by atoms with E-state index < -0.39 is 0 Å². The summed E-state index contributed by atoms with van der Waals surface area (Å²) in [6, 6.07) is 0. The Balaban J connectivity index is 3.14. The number of hydrogen-bond acceptors (Lipinski definition) is 2. The van der Waals surface area contributed by atoms with Crippen molar-refractivity contribution in [1.82, 2.24) is 10.6 Å². The Bertz CT molecular complexity index is 271. The van der Waals surface area contributed by atoms with Crippen molar-refractivity contribution in [2.24, 2.45) is 11.3 Å². The van der Waals surface area contributed by atoms with E-state index in [1.54, 1.807) is 0 Å². The average Bonchev–Trinajstić information content (AvgIpc) is 2.64. The van der Waals surface area contributed by atoms with Gasteiger partial charge in [-0.15, -0.1) is 0 Å². The summed E-state index contributed by atoms with van der Waals surface area (Å²) in [4.78, 5) is 0. The molecule has 0 aliphatic heterocycles. The Kier molecular flexibility index (Phi) is 18.2. The lowest BCUT2D eigenvalue weighted by molar-refractivity contribution is 0.327. The van der Waals surface area contributed by atoms with Crippen LogP contribution in [0.4, 0.5) is 0 Å². The summed E-state index contributed by atoms with van der Waals surface area (Å²) in [5, 5.41) is 7.26. The van der Waals surface area contributed by atoms with Crippen molar-refractivity contribution in [3.8, 4) is 0 Å². The lowest BCUT2D eigenvalue weighted by Crippen LogP contribution is -2.29. The molecule has 26 heavy (non-hydrogen) atoms. The number of unbranched alkanes of at least 4 members (excludes halogenated alkanes) is 9. The first kappa shape index (κ1) is 25.9. The molecule has 2 heteroatoms. The smallest absolute Gasteiger partial charge is 0.000241 e. The zero-order valence-electron chi connectivity index (χ0n) is 19.1. The third-order valence-corrected chi connectivity index (χ3v) is 6.11. The molecule has 0 amide bonds. The molecule has 0 aromatic carbocycles. The van der Waals surface area contributed by atoms with E-state index in [1.165, 1.54) is 103 Å². The van der Waals surface area contributed by atoms with Gasteiger partial charge >= 0.3 is 0 Å². The Morgan fingerprint density at radius 3 is 1.46 bits per heavy atom. The Morgan fingerprint density at radius 1 is 0.615 bits per heavy atom. The van der Waals surface area contributed by atoms with Crippen LogP contribution in [-0.4, -0.2) is 26.2 Å². The molecule has 0 aliphatic carbocycles. The molecule has 0 aliphatic rings. The highest BCUT2D eigenvalue weighted by Crippen LogP contribution is 2.17. The summed E-state index contributed by atoms with van der Waals surface area (Å²) in [6.07, 6.45) is 18.1. The highest BCUT2D eigenvalue weighted by atomic mass is 14.9. The second-order valence-corrected chi connectivity index (χ2v) is 9.12. The van der Waals surface area contributed by atoms with Crippen LogP contribution in [0.1, 0.15) is 118 Å². The monoisotopic (exact) mass is 368 g/mol. The van der Waals surface area contributed by atoms with E-state index in [4.69, 9.17) is 0 Å². The lowest BCUT2D eigenvalue weighted by Gasteiger charge is -2.22. The molecule has 0 unspecified atom stereocenters. The van der Waals surface area contributed by atoms with Gasteiger partial charge in [-0.25, -0.2) is 0 Å². The average molecular weight is 369 g/mol. The van der Waals surface area contributed by atoms with Gasteiger partial charge < -0.3 is 10.6 Å². The molecule has 0 fully saturated rings. The molecular formula is C24H52N2. The normalized spacial score (nSPS) is 12.2. The molecule has 0 radical (unpaired) electrons. The Hall–Kier alpha value is -0.0800. The fraction of sp³-hybridized carbons (Fsp3) is 1.00. The van der Waals surface area contributed by atoms with E-state index in [2.05, 4.69) is 45.3 Å². The molecule has 2 nitrogen and oxygen atoms in total. The van der Waals surface area contributed by atoms with Crippen LogP contribution in [-0.2, 0) is 0 Å². The fourth-order valence-corrected chi connectivity index (χ4v) is 3.35. The van der Waals surface area contributed by atoms with Gasteiger partial charge in [0.2, 0.25) is 0 Å². The molecule has 0 saturated carbocycles. The molecule has 0 rings (SSSR count). The maximum atomic E-state index is 3.63. The van der Waals surface area contributed by atoms with Gasteiger partial charge in [-0.05, 0) is 50.2 Å². The Morgan fingerprint density at radius 2 is 1.04 bits per heavy atom. The molecule has 0 saturated heterocycles. The molecule has 0 aromatic heterocycles. The van der Waals surface area contributed by atoms with Gasteiger partial charge in [-0.2, -0.15) is 0 Å². The van der Waals surface area contributed by atoms with Gasteiger partial charge in [-0.3, -0.25) is 0 Å². The second-order valence-electron chi connectivity index (χ2n) is 9.12. The summed E-state index contributed by atoms with van der Waals surface area (Å²) in [7, 11) is 0. The van der Waals surface area contributed by atoms with Crippen LogP contribution >= 0.6 is 0 Å². The number of nitrogens with one attached hydrogen (secondary N) is 2. The third kappa shape index (κ3) is 17.3. The van der Waals surface area contributed by atoms with Gasteiger partial charge in [0.25, 0.3) is 0 Å². The van der Waals surface area contributed by atoms with E-state index in [9.17, 15) is 0 Å². The van der Waals surface area contributed by atoms with Gasteiger partial charge in [0, 0.05) is 6.54 Å². The molecule has 0 spiro atoms. The first-order valence-electron chi connectivity index (χ1n) is 12.0. The standard InChI is InChI=1S/C24H52N2/c1-6-23(7-2)21-25-19-17-15-13-11-9-10-12-14-16-18-20-26-22-24(4,5)8-3/h23,25-26H,6-22H2,1-5H3. The van der Waals surface area contributed by atoms with E-state index >= 15 is 0 Å². The highest BCUT2D eigenvalue weighted by molar-refractivity contribution is 4.69. The molecule has 158 valence electrons. The van der Waals surface area contributed by atoms with Crippen molar-refractivity contribution >= 4 is 0 Å². The molecular weight excluding hydrogens is 316 g/mol. The van der Waals surface area contributed by atoms with Crippen molar-refractivity contribution in [3.05, 3.63) is 0 Å². The summed E-state index contributed by atoms with van der Waals surface area (Å²) in [5.41, 5.74) is 0.462. The summed E-state index contributed by atoms with van der Waals surface area (Å²) < 4.78 is 0. The largest absolute Gasteiger partial charge is 0.316 e. The first-order chi connectivity index (χ1) is 12.6. The lowest BCUT2D eigenvalue weighted by atomic mass is 9.90. The van der Waals surface area contributed by atoms with E-state index in [1.807, 2.05) is 0 Å². The van der Waals surface area contributed by atoms with Gasteiger partial charge in [0.05, 0.1) is 0 Å². The minimum absolute atomic E-state index is 0.462. The van der Waals surface area contributed by atoms with Crippen LogP contribution in [0.15, 0.2) is 0 Å². The van der Waals surface area contributed by atoms with E-state index in [0.717, 1.165) is 12.5 Å². The van der Waals surface area contributed by atoms with Crippen molar-refractivity contribution in [2.45, 2.75) is 118 Å². The van der Waals surface area contributed by atoms with Gasteiger partial charge in [-0.1, -0.05) is 98.8 Å². The molecule has 0 bridgehead atoms. The minimum Gasteiger partial charge on any atom is -0.316 e. The maximum absolute atomic E-state index is 3.63. The highest BCUT2D eigenvalue weighted by Gasteiger charge is 2.13. The van der Waals surface area contributed by atoms with Crippen molar-refractivity contribution in [2.75, 3.05) is 26.2 Å². The van der Waals surface area contributed by atoms with E-state index in [0.29, 0.717) is 5.41 Å². The molecule has 0 aromatic rings. The van der Waals surface area contributed by atoms with Gasteiger partial charge in [0.15, 0.2) is 0 Å². The van der Waals surface area contributed by atoms with Crippen LogP contribution in [0, 0.1) is 11.3 Å². The zero-order chi connectivity index (χ0) is 19.5. The quantitative estimate of drug-likeness (QED) is 0.227. The fourth-order valence-electron chi connectivity index (χ4n) is 3.35. The minimum atomic E-state index is 0.462. The van der Waals surface area contributed by atoms with Crippen molar-refractivity contribution in [1.29, 1.82) is 0 Å². The van der Waals surface area contributed by atoms with Crippen LogP contribution in [0.3, 0.4) is 0 Å². The maximum Gasteiger partial charge on any atom is 0.000241 e. The van der Waals surface area contributed by atoms with Gasteiger partial charge in [0.1, 0.15) is 0 Å². The SMILES string of the molecule is CCC(CC)CNCCCCCCCCCCCCNCC(C)(C)CC. The summed E-state index contributed by atoms with van der Waals surface area (Å²) in [6.45, 7) is 16.4. The van der Waals surface area contributed by atoms with Crippen LogP contribution in [0.25, 0.3) is 0 Å². The number of rotatable bonds is 20. The number of hydrogen-bond donors (Lipinski definition) is 2. The van der Waals surface area contributed by atoms with Crippen molar-refractivity contribution < 1.29 is 0 Å².